The largest absolute Gasteiger partial charge is 0.324 e. The second-order valence-electron chi connectivity index (χ2n) is 4.12. The summed E-state index contributed by atoms with van der Waals surface area (Å²) >= 11 is 4.00. The highest BCUT2D eigenvalue weighted by Gasteiger charge is 2.37. The van der Waals surface area contributed by atoms with Crippen LogP contribution in [0.2, 0.25) is 0 Å². The van der Waals surface area contributed by atoms with E-state index in [0.717, 1.165) is 27.9 Å². The third-order valence-electron chi connectivity index (χ3n) is 2.82. The summed E-state index contributed by atoms with van der Waals surface area (Å²) in [6.07, 6.45) is 2.12. The Bertz CT molecular complexity index is 402. The van der Waals surface area contributed by atoms with Gasteiger partial charge in [0.1, 0.15) is 0 Å². The van der Waals surface area contributed by atoms with Crippen molar-refractivity contribution in [1.29, 1.82) is 0 Å². The van der Waals surface area contributed by atoms with Gasteiger partial charge in [0, 0.05) is 3.57 Å². The van der Waals surface area contributed by atoms with Crippen molar-refractivity contribution in [3.8, 4) is 0 Å². The van der Waals surface area contributed by atoms with E-state index in [4.69, 9.17) is 0 Å². The second-order valence-corrected chi connectivity index (χ2v) is 6.88. The lowest BCUT2D eigenvalue weighted by Gasteiger charge is -2.21. The number of para-hydroxylation sites is 1. The quantitative estimate of drug-likeness (QED) is 0.830. The van der Waals surface area contributed by atoms with Crippen molar-refractivity contribution >= 4 is 45.9 Å². The number of hydrogen-bond acceptors (Lipinski definition) is 2. The van der Waals surface area contributed by atoms with Gasteiger partial charge in [-0.25, -0.2) is 0 Å². The highest BCUT2D eigenvalue weighted by Crippen LogP contribution is 2.38. The van der Waals surface area contributed by atoms with E-state index in [-0.39, 0.29) is 10.7 Å². The van der Waals surface area contributed by atoms with E-state index >= 15 is 0 Å². The summed E-state index contributed by atoms with van der Waals surface area (Å²) in [6, 6.07) is 7.87. The van der Waals surface area contributed by atoms with Gasteiger partial charge in [0.15, 0.2) is 0 Å². The zero-order valence-electron chi connectivity index (χ0n) is 9.13. The summed E-state index contributed by atoms with van der Waals surface area (Å²) in [5.74, 6) is 1.23. The maximum absolute atomic E-state index is 12.2. The van der Waals surface area contributed by atoms with Crippen LogP contribution in [0.15, 0.2) is 24.3 Å². The van der Waals surface area contributed by atoms with Gasteiger partial charge in [-0.15, -0.1) is 11.8 Å². The van der Waals surface area contributed by atoms with Gasteiger partial charge in [0.2, 0.25) is 5.91 Å². The highest BCUT2D eigenvalue weighted by atomic mass is 127. The number of amides is 1. The first kappa shape index (κ1) is 12.2. The molecule has 2 rings (SSSR count). The van der Waals surface area contributed by atoms with E-state index in [1.807, 2.05) is 31.2 Å². The molecule has 1 heterocycles. The predicted octanol–water partition coefficient (Wildman–Crippen LogP) is 3.52. The van der Waals surface area contributed by atoms with Gasteiger partial charge in [-0.05, 0) is 60.2 Å². The van der Waals surface area contributed by atoms with Crippen molar-refractivity contribution in [2.24, 2.45) is 0 Å². The molecule has 1 fully saturated rings. The van der Waals surface area contributed by atoms with Crippen LogP contribution in [0.1, 0.15) is 19.8 Å². The molecule has 1 N–H and O–H groups in total. The summed E-state index contributed by atoms with van der Waals surface area (Å²) in [5.41, 5.74) is 0.918. The lowest BCUT2D eigenvalue weighted by Crippen LogP contribution is -2.34. The lowest BCUT2D eigenvalue weighted by molar-refractivity contribution is -0.118. The van der Waals surface area contributed by atoms with Gasteiger partial charge in [-0.3, -0.25) is 4.79 Å². The molecule has 1 aromatic carbocycles. The van der Waals surface area contributed by atoms with Crippen LogP contribution >= 0.6 is 34.4 Å². The van der Waals surface area contributed by atoms with E-state index in [1.54, 1.807) is 11.8 Å². The fraction of sp³-hybridized carbons (Fsp3) is 0.417. The average Bonchev–Trinajstić information content (AvgIpc) is 2.70. The normalized spacial score (nSPS) is 24.4. The van der Waals surface area contributed by atoms with Crippen LogP contribution in [-0.4, -0.2) is 16.4 Å². The summed E-state index contributed by atoms with van der Waals surface area (Å²) in [7, 11) is 0. The first-order valence-corrected chi connectivity index (χ1v) is 7.38. The molecule has 1 aliphatic heterocycles. The maximum atomic E-state index is 12.2. The number of thioether (sulfide) groups is 1. The van der Waals surface area contributed by atoms with Crippen LogP contribution in [0, 0.1) is 3.57 Å². The van der Waals surface area contributed by atoms with Crippen LogP contribution in [0.5, 0.6) is 0 Å². The highest BCUT2D eigenvalue weighted by molar-refractivity contribution is 14.1. The average molecular weight is 347 g/mol. The zero-order chi connectivity index (χ0) is 11.6. The van der Waals surface area contributed by atoms with Gasteiger partial charge >= 0.3 is 0 Å². The lowest BCUT2D eigenvalue weighted by atomic mass is 10.0. The molecule has 0 bridgehead atoms. The van der Waals surface area contributed by atoms with Crippen LogP contribution in [0.25, 0.3) is 0 Å². The predicted molar refractivity (Wildman–Crippen MR) is 77.9 cm³/mol. The van der Waals surface area contributed by atoms with Crippen molar-refractivity contribution in [3.05, 3.63) is 27.8 Å². The number of halogens is 1. The topological polar surface area (TPSA) is 29.1 Å². The molecule has 1 amide bonds. The third-order valence-corrected chi connectivity index (χ3v) is 5.28. The first-order chi connectivity index (χ1) is 7.62. The molecule has 0 spiro atoms. The minimum atomic E-state index is -0.237. The zero-order valence-corrected chi connectivity index (χ0v) is 12.1. The van der Waals surface area contributed by atoms with Crippen LogP contribution < -0.4 is 5.32 Å². The Morgan fingerprint density at radius 1 is 1.50 bits per heavy atom. The molecule has 0 aliphatic carbocycles. The van der Waals surface area contributed by atoms with Crippen LogP contribution in [0.4, 0.5) is 5.69 Å². The molecule has 0 aromatic heterocycles. The van der Waals surface area contributed by atoms with Gasteiger partial charge in [0.05, 0.1) is 10.4 Å². The molecule has 86 valence electrons. The van der Waals surface area contributed by atoms with E-state index in [0.29, 0.717) is 0 Å². The molecule has 0 radical (unpaired) electrons. The van der Waals surface area contributed by atoms with Crippen LogP contribution in [-0.2, 0) is 4.79 Å². The van der Waals surface area contributed by atoms with Crippen molar-refractivity contribution in [2.75, 3.05) is 11.1 Å². The number of anilines is 1. The van der Waals surface area contributed by atoms with Gasteiger partial charge < -0.3 is 5.32 Å². The number of carbonyl (C=O) groups excluding carboxylic acids is 1. The monoisotopic (exact) mass is 347 g/mol. The number of carbonyl (C=O) groups is 1. The summed E-state index contributed by atoms with van der Waals surface area (Å²) in [4.78, 5) is 12.2. The van der Waals surface area contributed by atoms with Crippen molar-refractivity contribution in [3.63, 3.8) is 0 Å². The van der Waals surface area contributed by atoms with E-state index in [9.17, 15) is 4.79 Å². The van der Waals surface area contributed by atoms with Crippen molar-refractivity contribution < 1.29 is 4.79 Å². The Labute approximate surface area is 114 Å². The smallest absolute Gasteiger partial charge is 0.240 e. The number of hydrogen-bond donors (Lipinski definition) is 1. The molecular weight excluding hydrogens is 333 g/mol. The minimum Gasteiger partial charge on any atom is -0.324 e. The molecule has 4 heteroatoms. The Morgan fingerprint density at radius 3 is 2.88 bits per heavy atom. The molecular formula is C12H14INOS. The number of benzene rings is 1. The summed E-state index contributed by atoms with van der Waals surface area (Å²) in [5, 5.41) is 3.03. The Morgan fingerprint density at radius 2 is 2.25 bits per heavy atom. The minimum absolute atomic E-state index is 0.138. The first-order valence-electron chi connectivity index (χ1n) is 5.32. The fourth-order valence-corrected chi connectivity index (χ4v) is 3.51. The Balaban J connectivity index is 2.10. The molecule has 1 atom stereocenters. The maximum Gasteiger partial charge on any atom is 0.240 e. The van der Waals surface area contributed by atoms with Crippen molar-refractivity contribution in [1.82, 2.24) is 0 Å². The van der Waals surface area contributed by atoms with Gasteiger partial charge in [0.25, 0.3) is 0 Å². The molecule has 16 heavy (non-hydrogen) atoms. The molecule has 1 aromatic rings. The molecule has 1 saturated heterocycles. The number of rotatable bonds is 2. The fourth-order valence-electron chi connectivity index (χ4n) is 1.78. The molecule has 2 nitrogen and oxygen atoms in total. The molecule has 1 unspecified atom stereocenters. The van der Waals surface area contributed by atoms with E-state index < -0.39 is 0 Å². The third kappa shape index (κ3) is 2.53. The second kappa shape index (κ2) is 4.96. The van der Waals surface area contributed by atoms with E-state index in [2.05, 4.69) is 27.9 Å². The van der Waals surface area contributed by atoms with Gasteiger partial charge in [-0.1, -0.05) is 12.1 Å². The summed E-state index contributed by atoms with van der Waals surface area (Å²) in [6.45, 7) is 2.04. The SMILES string of the molecule is CC1(C(=O)Nc2ccccc2I)CCCS1. The number of nitrogens with one attached hydrogen (secondary N) is 1. The molecule has 0 saturated carbocycles. The van der Waals surface area contributed by atoms with Crippen molar-refractivity contribution in [2.45, 2.75) is 24.5 Å². The summed E-state index contributed by atoms with van der Waals surface area (Å²) < 4.78 is 0.846. The Hall–Kier alpha value is -0.230. The standard InChI is InChI=1S/C12H14INOS/c1-12(7-4-8-16-12)11(15)14-10-6-3-2-5-9(10)13/h2-3,5-6H,4,7-8H2,1H3,(H,14,15). The van der Waals surface area contributed by atoms with Gasteiger partial charge in [-0.2, -0.15) is 0 Å². The molecule has 1 aliphatic rings. The van der Waals surface area contributed by atoms with E-state index in [1.165, 1.54) is 0 Å². The Kier molecular flexibility index (Phi) is 3.79. The van der Waals surface area contributed by atoms with Crippen LogP contribution in [0.3, 0.4) is 0 Å².